The first-order chi connectivity index (χ1) is 15.5. The highest BCUT2D eigenvalue weighted by atomic mass is 16.5. The third-order valence-corrected chi connectivity index (χ3v) is 5.59. The number of hydrogen-bond donors (Lipinski definition) is 3. The maximum absolute atomic E-state index is 12.9. The number of ether oxygens (including phenoxy) is 1. The molecule has 0 spiro atoms. The number of rotatable bonds is 8. The molecule has 2 aromatic rings. The van der Waals surface area contributed by atoms with Crippen LogP contribution in [0.1, 0.15) is 48.0 Å². The minimum absolute atomic E-state index is 0.00403. The van der Waals surface area contributed by atoms with E-state index < -0.39 is 0 Å². The summed E-state index contributed by atoms with van der Waals surface area (Å²) in [6.45, 7) is 3.64. The molecule has 168 valence electrons. The smallest absolute Gasteiger partial charge is 0.256 e. The van der Waals surface area contributed by atoms with Gasteiger partial charge in [-0.3, -0.25) is 14.4 Å². The van der Waals surface area contributed by atoms with Crippen LogP contribution in [0.3, 0.4) is 0 Å². The van der Waals surface area contributed by atoms with Crippen molar-refractivity contribution in [3.8, 4) is 5.75 Å². The number of benzene rings is 2. The molecule has 0 bridgehead atoms. The summed E-state index contributed by atoms with van der Waals surface area (Å²) >= 11 is 0. The van der Waals surface area contributed by atoms with E-state index in [4.69, 9.17) is 4.74 Å². The predicted molar refractivity (Wildman–Crippen MR) is 125 cm³/mol. The quantitative estimate of drug-likeness (QED) is 0.540. The van der Waals surface area contributed by atoms with Crippen LogP contribution >= 0.6 is 0 Å². The molecule has 0 saturated heterocycles. The van der Waals surface area contributed by atoms with E-state index in [0.717, 1.165) is 25.7 Å². The van der Waals surface area contributed by atoms with Crippen LogP contribution in [0.15, 0.2) is 55.1 Å². The van der Waals surface area contributed by atoms with Crippen LogP contribution in [0.4, 0.5) is 11.4 Å². The third kappa shape index (κ3) is 5.97. The zero-order valence-corrected chi connectivity index (χ0v) is 18.3. The molecule has 1 aliphatic carbocycles. The first-order valence-corrected chi connectivity index (χ1v) is 10.8. The highest BCUT2D eigenvalue weighted by Crippen LogP contribution is 2.31. The summed E-state index contributed by atoms with van der Waals surface area (Å²) in [4.78, 5) is 37.1. The minimum atomic E-state index is -0.317. The van der Waals surface area contributed by atoms with Gasteiger partial charge in [0.1, 0.15) is 5.75 Å². The van der Waals surface area contributed by atoms with Crippen LogP contribution in [-0.2, 0) is 16.1 Å². The van der Waals surface area contributed by atoms with E-state index in [0.29, 0.717) is 28.3 Å². The van der Waals surface area contributed by atoms with Crippen LogP contribution in [0.2, 0.25) is 0 Å². The number of carbonyl (C=O) groups is 3. The molecular weight excluding hydrogens is 406 g/mol. The molecule has 7 nitrogen and oxygen atoms in total. The molecule has 32 heavy (non-hydrogen) atoms. The minimum Gasteiger partial charge on any atom is -0.495 e. The Balaban J connectivity index is 1.74. The van der Waals surface area contributed by atoms with Crippen molar-refractivity contribution in [1.29, 1.82) is 0 Å². The zero-order chi connectivity index (χ0) is 22.9. The molecule has 0 aromatic heterocycles. The van der Waals surface area contributed by atoms with Gasteiger partial charge in [-0.2, -0.15) is 0 Å². The van der Waals surface area contributed by atoms with E-state index in [2.05, 4.69) is 22.5 Å². The van der Waals surface area contributed by atoms with Gasteiger partial charge in [-0.15, -0.1) is 0 Å². The van der Waals surface area contributed by atoms with Crippen molar-refractivity contribution in [2.24, 2.45) is 5.92 Å². The molecule has 3 N–H and O–H groups in total. The van der Waals surface area contributed by atoms with Crippen molar-refractivity contribution >= 4 is 29.1 Å². The van der Waals surface area contributed by atoms with Gasteiger partial charge in [0.15, 0.2) is 0 Å². The Bertz CT molecular complexity index is 996. The van der Waals surface area contributed by atoms with Crippen LogP contribution in [0.25, 0.3) is 0 Å². The molecule has 1 aliphatic rings. The van der Waals surface area contributed by atoms with Gasteiger partial charge in [-0.05, 0) is 48.7 Å². The fraction of sp³-hybridized carbons (Fsp3) is 0.320. The summed E-state index contributed by atoms with van der Waals surface area (Å²) in [5, 5.41) is 8.51. The highest BCUT2D eigenvalue weighted by molar-refractivity contribution is 6.06. The molecule has 0 aliphatic heterocycles. The van der Waals surface area contributed by atoms with E-state index in [9.17, 15) is 14.4 Å². The van der Waals surface area contributed by atoms with E-state index in [-0.39, 0.29) is 30.2 Å². The number of carbonyl (C=O) groups excluding carboxylic acids is 3. The molecule has 1 fully saturated rings. The summed E-state index contributed by atoms with van der Waals surface area (Å²) in [5.74, 6) is -0.115. The Labute approximate surface area is 188 Å². The fourth-order valence-corrected chi connectivity index (χ4v) is 3.83. The summed E-state index contributed by atoms with van der Waals surface area (Å²) < 4.78 is 5.39. The van der Waals surface area contributed by atoms with Crippen LogP contribution in [0, 0.1) is 5.92 Å². The number of amides is 3. The monoisotopic (exact) mass is 435 g/mol. The number of methoxy groups -OCH3 is 1. The molecule has 0 heterocycles. The number of anilines is 2. The second kappa shape index (κ2) is 11.1. The van der Waals surface area contributed by atoms with E-state index >= 15 is 0 Å². The topological polar surface area (TPSA) is 96.5 Å². The highest BCUT2D eigenvalue weighted by Gasteiger charge is 2.22. The van der Waals surface area contributed by atoms with Gasteiger partial charge in [-0.1, -0.05) is 44.0 Å². The van der Waals surface area contributed by atoms with Crippen molar-refractivity contribution in [1.82, 2.24) is 5.32 Å². The van der Waals surface area contributed by atoms with Gasteiger partial charge >= 0.3 is 0 Å². The van der Waals surface area contributed by atoms with Crippen molar-refractivity contribution in [3.63, 3.8) is 0 Å². The number of hydrogen-bond acceptors (Lipinski definition) is 4. The lowest BCUT2D eigenvalue weighted by Crippen LogP contribution is -2.25. The van der Waals surface area contributed by atoms with Crippen molar-refractivity contribution < 1.29 is 19.1 Å². The Morgan fingerprint density at radius 2 is 1.81 bits per heavy atom. The molecule has 1 saturated carbocycles. The van der Waals surface area contributed by atoms with Crippen LogP contribution in [0.5, 0.6) is 5.75 Å². The summed E-state index contributed by atoms with van der Waals surface area (Å²) in [6, 6.07) is 12.2. The Hall–Kier alpha value is -3.61. The van der Waals surface area contributed by atoms with Crippen molar-refractivity contribution in [2.75, 3.05) is 17.7 Å². The molecule has 2 aromatic carbocycles. The molecule has 0 radical (unpaired) electrons. The molecule has 0 atom stereocenters. The Morgan fingerprint density at radius 3 is 2.53 bits per heavy atom. The third-order valence-electron chi connectivity index (χ3n) is 5.59. The van der Waals surface area contributed by atoms with Crippen molar-refractivity contribution in [3.05, 3.63) is 66.2 Å². The standard InChI is InChI=1S/C25H29N3O4/c1-3-23(29)26-16-18-11-7-8-12-20(18)25(31)27-19-13-14-22(32-2)21(15-19)28-24(30)17-9-5-4-6-10-17/h3,7-8,11-15,17H,1,4-6,9-10,16H2,2H3,(H,26,29)(H,27,31)(H,28,30). The lowest BCUT2D eigenvalue weighted by atomic mass is 9.88. The van der Waals surface area contributed by atoms with Gasteiger partial charge in [0, 0.05) is 23.7 Å². The van der Waals surface area contributed by atoms with E-state index in [1.807, 2.05) is 0 Å². The summed E-state index contributed by atoms with van der Waals surface area (Å²) in [5.41, 5.74) is 2.17. The summed E-state index contributed by atoms with van der Waals surface area (Å²) in [6.07, 6.45) is 6.28. The first kappa shape index (κ1) is 23.1. The molecular formula is C25H29N3O4. The van der Waals surface area contributed by atoms with E-state index in [1.54, 1.807) is 42.5 Å². The molecule has 7 heteroatoms. The maximum atomic E-state index is 12.9. The molecule has 3 rings (SSSR count). The first-order valence-electron chi connectivity index (χ1n) is 10.8. The van der Waals surface area contributed by atoms with Gasteiger partial charge in [0.25, 0.3) is 5.91 Å². The van der Waals surface area contributed by atoms with Gasteiger partial charge in [0.05, 0.1) is 12.8 Å². The Kier molecular flexibility index (Phi) is 8.02. The predicted octanol–water partition coefficient (Wildman–Crippen LogP) is 4.27. The van der Waals surface area contributed by atoms with Gasteiger partial charge in [-0.25, -0.2) is 0 Å². The second-order valence-electron chi connectivity index (χ2n) is 7.77. The maximum Gasteiger partial charge on any atom is 0.256 e. The molecule has 3 amide bonds. The lowest BCUT2D eigenvalue weighted by molar-refractivity contribution is -0.120. The second-order valence-corrected chi connectivity index (χ2v) is 7.77. The zero-order valence-electron chi connectivity index (χ0n) is 18.3. The fourth-order valence-electron chi connectivity index (χ4n) is 3.83. The lowest BCUT2D eigenvalue weighted by Gasteiger charge is -2.21. The van der Waals surface area contributed by atoms with Gasteiger partial charge in [0.2, 0.25) is 11.8 Å². The SMILES string of the molecule is C=CC(=O)NCc1ccccc1C(=O)Nc1ccc(OC)c(NC(=O)C2CCCCC2)c1. The van der Waals surface area contributed by atoms with Crippen molar-refractivity contribution in [2.45, 2.75) is 38.6 Å². The normalized spacial score (nSPS) is 13.7. The largest absolute Gasteiger partial charge is 0.495 e. The summed E-state index contributed by atoms with van der Waals surface area (Å²) in [7, 11) is 1.54. The van der Waals surface area contributed by atoms with Gasteiger partial charge < -0.3 is 20.7 Å². The average Bonchev–Trinajstić information content (AvgIpc) is 2.83. The Morgan fingerprint density at radius 1 is 1.06 bits per heavy atom. The van der Waals surface area contributed by atoms with Crippen LogP contribution in [-0.4, -0.2) is 24.8 Å². The van der Waals surface area contributed by atoms with Crippen LogP contribution < -0.4 is 20.7 Å². The average molecular weight is 436 g/mol. The van der Waals surface area contributed by atoms with E-state index in [1.165, 1.54) is 19.6 Å². The number of nitrogens with one attached hydrogen (secondary N) is 3. The molecule has 0 unspecified atom stereocenters.